The highest BCUT2D eigenvalue weighted by Crippen LogP contribution is 2.38. The van der Waals surface area contributed by atoms with Gasteiger partial charge in [-0.25, -0.2) is 24.2 Å². The molecule has 0 unspecified atom stereocenters. The van der Waals surface area contributed by atoms with Crippen LogP contribution >= 0.6 is 0 Å². The van der Waals surface area contributed by atoms with Crippen molar-refractivity contribution >= 4 is 50.2 Å². The number of imide groups is 2. The molecule has 2 rings (SSSR count). The monoisotopic (exact) mass is 860 g/mol. The topological polar surface area (TPSA) is 182 Å². The molecule has 0 saturated heterocycles. The molecule has 0 saturated carbocycles. The van der Waals surface area contributed by atoms with Gasteiger partial charge < -0.3 is 32.8 Å². The van der Waals surface area contributed by atoms with Crippen molar-refractivity contribution in [1.82, 2.24) is 9.97 Å². The van der Waals surface area contributed by atoms with Crippen molar-refractivity contribution < 1.29 is 56.8 Å². The number of amides is 4. The molecule has 0 spiro atoms. The number of rotatable bonds is 12. The van der Waals surface area contributed by atoms with Crippen LogP contribution in [0.15, 0.2) is 18.3 Å². The average molecular weight is 861 g/mol. The number of aromatic nitrogens is 2. The molecule has 0 atom stereocenters. The van der Waals surface area contributed by atoms with E-state index >= 15 is 0 Å². The molecule has 0 aliphatic heterocycles. The average Bonchev–Trinajstić information content (AvgIpc) is 3.02. The number of methoxy groups -OCH3 is 1. The van der Waals surface area contributed by atoms with E-state index in [-0.39, 0.29) is 46.5 Å². The third-order valence-corrected chi connectivity index (χ3v) is 13.0. The van der Waals surface area contributed by atoms with E-state index in [1.165, 1.54) is 20.2 Å². The number of hydrogen-bond donors (Lipinski definition) is 0. The van der Waals surface area contributed by atoms with Gasteiger partial charge in [-0.1, -0.05) is 20.8 Å². The number of benzene rings is 1. The summed E-state index contributed by atoms with van der Waals surface area (Å²) in [4.78, 5) is 78.3. The highest BCUT2D eigenvalue weighted by atomic mass is 28.4. The largest absolute Gasteiger partial charge is 0.493 e. The molecule has 336 valence electrons. The minimum atomic E-state index is -1.97. The Balaban J connectivity index is 2.87. The van der Waals surface area contributed by atoms with E-state index in [4.69, 9.17) is 32.8 Å². The lowest BCUT2D eigenvalue weighted by molar-refractivity contribution is 0.0410. The van der Waals surface area contributed by atoms with Crippen LogP contribution in [0.2, 0.25) is 18.1 Å². The molecule has 16 nitrogen and oxygen atoms in total. The third-order valence-electron chi connectivity index (χ3n) is 8.46. The molecule has 17 heteroatoms. The quantitative estimate of drug-likeness (QED) is 0.0850. The first kappa shape index (κ1) is 51.4. The molecule has 2 aromatic rings. The van der Waals surface area contributed by atoms with E-state index in [2.05, 4.69) is 43.8 Å². The number of carbonyl (C=O) groups is 5. The van der Waals surface area contributed by atoms with Gasteiger partial charge in [0.25, 0.3) is 0 Å². The Morgan fingerprint density at radius 2 is 1.12 bits per heavy atom. The van der Waals surface area contributed by atoms with Gasteiger partial charge in [-0.15, -0.1) is 4.90 Å². The number of ether oxygens (including phenoxy) is 6. The summed E-state index contributed by atoms with van der Waals surface area (Å²) < 4.78 is 40.5. The first-order valence-corrected chi connectivity index (χ1v) is 22.8. The van der Waals surface area contributed by atoms with Gasteiger partial charge in [0.05, 0.1) is 19.3 Å². The molecule has 4 amide bonds. The lowest BCUT2D eigenvalue weighted by Gasteiger charge is -2.36. The van der Waals surface area contributed by atoms with E-state index in [1.54, 1.807) is 95.2 Å². The van der Waals surface area contributed by atoms with Crippen molar-refractivity contribution in [1.29, 1.82) is 0 Å². The molecule has 1 heterocycles. The highest BCUT2D eigenvalue weighted by Gasteiger charge is 2.40. The minimum Gasteiger partial charge on any atom is -0.493 e. The maximum atomic E-state index is 14.0. The van der Waals surface area contributed by atoms with Crippen LogP contribution in [0, 0.1) is 0 Å². The van der Waals surface area contributed by atoms with Crippen molar-refractivity contribution in [3.05, 3.63) is 35.0 Å². The first-order chi connectivity index (χ1) is 27.1. The SMILES string of the molecule is COc1cc(Cc2cnc(N(C(=O)OC(C)(C)C)C(=O)OC(C)(C)C)nc2N(C(=O)OC(C)(C)C)C(=O)OC(C)(C)C)cc(C(C)=O)c1OCCCO[Si](C)(C)C(C)(C)C. The zero-order valence-electron chi connectivity index (χ0n) is 39.2. The van der Waals surface area contributed by atoms with Gasteiger partial charge in [0.2, 0.25) is 5.95 Å². The number of hydrogen-bond acceptors (Lipinski definition) is 14. The molecule has 0 radical (unpaired) electrons. The second-order valence-electron chi connectivity index (χ2n) is 19.8. The molecule has 1 aromatic carbocycles. The highest BCUT2D eigenvalue weighted by molar-refractivity contribution is 6.74. The van der Waals surface area contributed by atoms with Gasteiger partial charge in [-0.05, 0) is 126 Å². The van der Waals surface area contributed by atoms with Crippen LogP contribution in [0.25, 0.3) is 0 Å². The Morgan fingerprint density at radius 1 is 0.667 bits per heavy atom. The van der Waals surface area contributed by atoms with Crippen LogP contribution in [0.5, 0.6) is 11.5 Å². The van der Waals surface area contributed by atoms with Gasteiger partial charge in [-0.2, -0.15) is 9.88 Å². The van der Waals surface area contributed by atoms with Crippen LogP contribution in [0.3, 0.4) is 0 Å². The summed E-state index contributed by atoms with van der Waals surface area (Å²) in [6.45, 7) is 32.2. The van der Waals surface area contributed by atoms with Crippen LogP contribution in [0.1, 0.15) is 139 Å². The van der Waals surface area contributed by atoms with Crippen LogP contribution < -0.4 is 19.3 Å². The van der Waals surface area contributed by atoms with Crippen molar-refractivity contribution in [2.45, 2.75) is 164 Å². The van der Waals surface area contributed by atoms with Crippen molar-refractivity contribution in [2.75, 3.05) is 30.1 Å². The number of ketones is 1. The molecule has 60 heavy (non-hydrogen) atoms. The number of Topliss-reactive ketones (excluding diaryl/α,β-unsaturated/α-hetero) is 1. The zero-order valence-corrected chi connectivity index (χ0v) is 40.2. The molecule has 0 N–H and O–H groups in total. The second-order valence-corrected chi connectivity index (χ2v) is 24.6. The normalized spacial score (nSPS) is 12.6. The molecule has 0 bridgehead atoms. The third kappa shape index (κ3) is 15.7. The molecule has 1 aromatic heterocycles. The van der Waals surface area contributed by atoms with Crippen LogP contribution in [-0.2, 0) is 29.8 Å². The Kier molecular flexibility index (Phi) is 16.5. The number of nitrogens with zero attached hydrogens (tertiary/aromatic N) is 4. The predicted molar refractivity (Wildman–Crippen MR) is 231 cm³/mol. The second kappa shape index (κ2) is 19.3. The van der Waals surface area contributed by atoms with Crippen molar-refractivity contribution in [3.63, 3.8) is 0 Å². The summed E-state index contributed by atoms with van der Waals surface area (Å²) in [7, 11) is -0.533. The van der Waals surface area contributed by atoms with E-state index < -0.39 is 66.9 Å². The van der Waals surface area contributed by atoms with Gasteiger partial charge >= 0.3 is 24.4 Å². The lowest BCUT2D eigenvalue weighted by atomic mass is 10.0. The molecule has 0 fully saturated rings. The van der Waals surface area contributed by atoms with E-state index in [1.807, 2.05) is 0 Å². The maximum absolute atomic E-state index is 14.0. The lowest BCUT2D eigenvalue weighted by Crippen LogP contribution is -2.46. The van der Waals surface area contributed by atoms with Crippen molar-refractivity contribution in [2.24, 2.45) is 0 Å². The van der Waals surface area contributed by atoms with Gasteiger partial charge in [0, 0.05) is 31.2 Å². The zero-order chi connectivity index (χ0) is 46.4. The summed E-state index contributed by atoms with van der Waals surface area (Å²) in [5.74, 6) is -0.811. The van der Waals surface area contributed by atoms with E-state index in [0.717, 1.165) is 0 Å². The molecule has 0 aliphatic rings. The Bertz CT molecular complexity index is 1820. The molecular weight excluding hydrogens is 793 g/mol. The summed E-state index contributed by atoms with van der Waals surface area (Å²) in [5, 5.41) is 0.0480. The summed E-state index contributed by atoms with van der Waals surface area (Å²) in [6.07, 6.45) is -3.04. The van der Waals surface area contributed by atoms with Crippen LogP contribution in [-0.4, -0.2) is 91.2 Å². The fraction of sp³-hybridized carbons (Fsp3) is 0.651. The summed E-state index contributed by atoms with van der Waals surface area (Å²) in [5.41, 5.74) is -3.52. The smallest absolute Gasteiger partial charge is 0.427 e. The summed E-state index contributed by atoms with van der Waals surface area (Å²) >= 11 is 0. The van der Waals surface area contributed by atoms with Crippen molar-refractivity contribution in [3.8, 4) is 11.5 Å². The molecular formula is C43H68N4O12Si. The van der Waals surface area contributed by atoms with E-state index in [0.29, 0.717) is 28.4 Å². The van der Waals surface area contributed by atoms with Gasteiger partial charge in [0.15, 0.2) is 31.4 Å². The van der Waals surface area contributed by atoms with Gasteiger partial charge in [0.1, 0.15) is 22.4 Å². The summed E-state index contributed by atoms with van der Waals surface area (Å²) in [6, 6.07) is 3.24. The fourth-order valence-corrected chi connectivity index (χ4v) is 5.94. The molecule has 0 aliphatic carbocycles. The Morgan fingerprint density at radius 3 is 1.52 bits per heavy atom. The standard InChI is InChI=1S/C43H68N4O12Si/c1-27(48)30-24-28(25-31(53-17)32(30)54-21-20-22-55-60(18,19)43(14,15)16)23-29-26-44-34(47(37(51)58-41(8,9)10)38(52)59-42(11,12)13)45-33(29)46(35(49)56-39(2,3)4)36(50)57-40(5,6)7/h24-26H,20-23H2,1-19H3. The first-order valence-electron chi connectivity index (χ1n) is 19.9. The van der Waals surface area contributed by atoms with Gasteiger partial charge in [-0.3, -0.25) is 4.79 Å². The maximum Gasteiger partial charge on any atom is 0.427 e. The fourth-order valence-electron chi connectivity index (χ4n) is 4.85. The minimum absolute atomic E-state index is 0.0480. The van der Waals surface area contributed by atoms with Crippen LogP contribution in [0.4, 0.5) is 30.9 Å². The predicted octanol–water partition coefficient (Wildman–Crippen LogP) is 10.4. The van der Waals surface area contributed by atoms with E-state index in [9.17, 15) is 24.0 Å². The Hall–Kier alpha value is -4.77. The number of carbonyl (C=O) groups excluding carboxylic acids is 5. The Labute approximate surface area is 357 Å². The number of anilines is 2.